The summed E-state index contributed by atoms with van der Waals surface area (Å²) < 4.78 is 24.6. The molecular formula is C8H11N3O2S. The van der Waals surface area contributed by atoms with E-state index in [1.165, 1.54) is 18.6 Å². The van der Waals surface area contributed by atoms with Crippen molar-refractivity contribution < 1.29 is 8.42 Å². The van der Waals surface area contributed by atoms with Gasteiger partial charge in [0, 0.05) is 24.0 Å². The molecule has 0 amide bonds. The van der Waals surface area contributed by atoms with Gasteiger partial charge in [0.2, 0.25) is 10.0 Å². The van der Waals surface area contributed by atoms with Crippen molar-refractivity contribution in [1.29, 1.82) is 0 Å². The van der Waals surface area contributed by atoms with Crippen molar-refractivity contribution in [3.05, 3.63) is 36.3 Å². The van der Waals surface area contributed by atoms with E-state index in [1.54, 1.807) is 6.92 Å². The van der Waals surface area contributed by atoms with Crippen molar-refractivity contribution in [2.75, 3.05) is 0 Å². The molecule has 1 N–H and O–H groups in total. The Labute approximate surface area is 83.0 Å². The lowest BCUT2D eigenvalue weighted by Gasteiger charge is -2.10. The first-order valence-electron chi connectivity index (χ1n) is 3.96. The lowest BCUT2D eigenvalue weighted by Crippen LogP contribution is -2.25. The molecule has 0 aliphatic heterocycles. The second kappa shape index (κ2) is 4.30. The monoisotopic (exact) mass is 213 g/mol. The Morgan fingerprint density at radius 2 is 2.29 bits per heavy atom. The van der Waals surface area contributed by atoms with E-state index in [2.05, 4.69) is 21.3 Å². The van der Waals surface area contributed by atoms with Crippen LogP contribution in [0.3, 0.4) is 0 Å². The van der Waals surface area contributed by atoms with Gasteiger partial charge in [-0.15, -0.1) is 0 Å². The van der Waals surface area contributed by atoms with Crippen LogP contribution in [0.25, 0.3) is 0 Å². The summed E-state index contributed by atoms with van der Waals surface area (Å²) in [7, 11) is -3.42. The SMILES string of the molecule is C=CS(=O)(=O)N[C@@H](C)c1cnccn1. The van der Waals surface area contributed by atoms with Crippen LogP contribution < -0.4 is 4.72 Å². The quantitative estimate of drug-likeness (QED) is 0.795. The van der Waals surface area contributed by atoms with Crippen LogP contribution in [0.2, 0.25) is 0 Å². The summed E-state index contributed by atoms with van der Waals surface area (Å²) in [5.41, 5.74) is 0.568. The van der Waals surface area contributed by atoms with Gasteiger partial charge in [0.25, 0.3) is 0 Å². The minimum Gasteiger partial charge on any atom is -0.261 e. The van der Waals surface area contributed by atoms with E-state index in [1.807, 2.05) is 0 Å². The summed E-state index contributed by atoms with van der Waals surface area (Å²) in [6.07, 6.45) is 4.54. The van der Waals surface area contributed by atoms with Gasteiger partial charge in [-0.2, -0.15) is 0 Å². The number of nitrogens with one attached hydrogen (secondary N) is 1. The third kappa shape index (κ3) is 2.90. The fourth-order valence-electron chi connectivity index (χ4n) is 0.889. The molecule has 0 spiro atoms. The molecule has 0 unspecified atom stereocenters. The van der Waals surface area contributed by atoms with Crippen LogP contribution in [0.4, 0.5) is 0 Å². The molecule has 76 valence electrons. The fraction of sp³-hybridized carbons (Fsp3) is 0.250. The van der Waals surface area contributed by atoms with Crippen LogP contribution in [-0.2, 0) is 10.0 Å². The van der Waals surface area contributed by atoms with Gasteiger partial charge in [-0.25, -0.2) is 13.1 Å². The van der Waals surface area contributed by atoms with E-state index in [4.69, 9.17) is 0 Å². The number of nitrogens with zero attached hydrogens (tertiary/aromatic N) is 2. The molecule has 0 fully saturated rings. The first-order chi connectivity index (χ1) is 6.55. The first kappa shape index (κ1) is 10.8. The molecule has 1 rings (SSSR count). The van der Waals surface area contributed by atoms with Gasteiger partial charge in [0.05, 0.1) is 11.7 Å². The largest absolute Gasteiger partial charge is 0.261 e. The second-order valence-electron chi connectivity index (χ2n) is 2.68. The van der Waals surface area contributed by atoms with Crippen molar-refractivity contribution in [2.45, 2.75) is 13.0 Å². The van der Waals surface area contributed by atoms with Crippen LogP contribution in [0.15, 0.2) is 30.6 Å². The summed E-state index contributed by atoms with van der Waals surface area (Å²) in [5, 5.41) is 0.861. The molecule has 14 heavy (non-hydrogen) atoms. The molecule has 0 bridgehead atoms. The Morgan fingerprint density at radius 3 is 2.79 bits per heavy atom. The zero-order chi connectivity index (χ0) is 10.6. The maximum Gasteiger partial charge on any atom is 0.233 e. The molecule has 0 saturated heterocycles. The summed E-state index contributed by atoms with van der Waals surface area (Å²) in [6, 6.07) is -0.410. The molecule has 0 aliphatic rings. The summed E-state index contributed by atoms with van der Waals surface area (Å²) in [5.74, 6) is 0. The van der Waals surface area contributed by atoms with Crippen molar-refractivity contribution in [1.82, 2.24) is 14.7 Å². The highest BCUT2D eigenvalue weighted by Gasteiger charge is 2.12. The average Bonchev–Trinajstić information content (AvgIpc) is 2.19. The van der Waals surface area contributed by atoms with Crippen molar-refractivity contribution in [3.63, 3.8) is 0 Å². The van der Waals surface area contributed by atoms with Gasteiger partial charge in [-0.3, -0.25) is 9.97 Å². The molecular weight excluding hydrogens is 202 g/mol. The van der Waals surface area contributed by atoms with Crippen molar-refractivity contribution in [3.8, 4) is 0 Å². The van der Waals surface area contributed by atoms with Crippen molar-refractivity contribution >= 4 is 10.0 Å². The normalized spacial score (nSPS) is 13.5. The van der Waals surface area contributed by atoms with E-state index in [0.29, 0.717) is 5.69 Å². The maximum absolute atomic E-state index is 11.1. The molecule has 0 saturated carbocycles. The van der Waals surface area contributed by atoms with Crippen LogP contribution >= 0.6 is 0 Å². The Kier molecular flexibility index (Phi) is 3.32. The first-order valence-corrected chi connectivity index (χ1v) is 5.50. The topological polar surface area (TPSA) is 72.0 Å². The highest BCUT2D eigenvalue weighted by molar-refractivity contribution is 7.92. The number of rotatable bonds is 4. The Balaban J connectivity index is 2.78. The zero-order valence-corrected chi connectivity index (χ0v) is 8.53. The van der Waals surface area contributed by atoms with E-state index in [-0.39, 0.29) is 0 Å². The highest BCUT2D eigenvalue weighted by Crippen LogP contribution is 2.08. The smallest absolute Gasteiger partial charge is 0.233 e. The summed E-state index contributed by atoms with van der Waals surface area (Å²) >= 11 is 0. The molecule has 1 heterocycles. The average molecular weight is 213 g/mol. The second-order valence-corrected chi connectivity index (χ2v) is 4.34. The number of hydrogen-bond acceptors (Lipinski definition) is 4. The van der Waals surface area contributed by atoms with Crippen LogP contribution in [0, 0.1) is 0 Å². The predicted octanol–water partition coefficient (Wildman–Crippen LogP) is 0.601. The zero-order valence-electron chi connectivity index (χ0n) is 7.71. The fourth-order valence-corrected chi connectivity index (χ4v) is 1.60. The maximum atomic E-state index is 11.1. The van der Waals surface area contributed by atoms with E-state index >= 15 is 0 Å². The van der Waals surface area contributed by atoms with Gasteiger partial charge < -0.3 is 0 Å². The number of sulfonamides is 1. The van der Waals surface area contributed by atoms with E-state index in [9.17, 15) is 8.42 Å². The lowest BCUT2D eigenvalue weighted by molar-refractivity contribution is 0.572. The molecule has 0 radical (unpaired) electrons. The van der Waals surface area contributed by atoms with Gasteiger partial charge in [-0.1, -0.05) is 6.58 Å². The number of aromatic nitrogens is 2. The van der Waals surface area contributed by atoms with E-state index < -0.39 is 16.1 Å². The summed E-state index contributed by atoms with van der Waals surface area (Å²) in [6.45, 7) is 4.88. The molecule has 1 aromatic heterocycles. The number of hydrogen-bond donors (Lipinski definition) is 1. The Bertz CT molecular complexity index is 402. The summed E-state index contributed by atoms with van der Waals surface area (Å²) in [4.78, 5) is 7.81. The molecule has 1 atom stereocenters. The van der Waals surface area contributed by atoms with Crippen LogP contribution in [-0.4, -0.2) is 18.4 Å². The van der Waals surface area contributed by atoms with Crippen LogP contribution in [0.1, 0.15) is 18.7 Å². The van der Waals surface area contributed by atoms with Crippen molar-refractivity contribution in [2.24, 2.45) is 0 Å². The lowest BCUT2D eigenvalue weighted by atomic mass is 10.3. The highest BCUT2D eigenvalue weighted by atomic mass is 32.2. The minimum absolute atomic E-state index is 0.410. The third-order valence-corrected chi connectivity index (χ3v) is 2.71. The van der Waals surface area contributed by atoms with Crippen LogP contribution in [0.5, 0.6) is 0 Å². The minimum atomic E-state index is -3.42. The van der Waals surface area contributed by atoms with Gasteiger partial charge in [-0.05, 0) is 6.92 Å². The Hall–Kier alpha value is -1.27. The third-order valence-electron chi connectivity index (χ3n) is 1.59. The molecule has 6 heteroatoms. The molecule has 5 nitrogen and oxygen atoms in total. The van der Waals surface area contributed by atoms with Gasteiger partial charge in [0.1, 0.15) is 0 Å². The standard InChI is InChI=1S/C8H11N3O2S/c1-3-14(12,13)11-7(2)8-6-9-4-5-10-8/h3-7,11H,1H2,2H3/t7-/m0/s1. The molecule has 0 aromatic carbocycles. The Morgan fingerprint density at radius 1 is 1.57 bits per heavy atom. The van der Waals surface area contributed by atoms with E-state index in [0.717, 1.165) is 5.41 Å². The predicted molar refractivity (Wildman–Crippen MR) is 52.7 cm³/mol. The molecule has 0 aliphatic carbocycles. The van der Waals surface area contributed by atoms with Gasteiger partial charge >= 0.3 is 0 Å². The molecule has 1 aromatic rings. The van der Waals surface area contributed by atoms with Gasteiger partial charge in [0.15, 0.2) is 0 Å².